The Morgan fingerprint density at radius 1 is 1.00 bits per heavy atom. The number of rotatable bonds is 5. The highest BCUT2D eigenvalue weighted by Crippen LogP contribution is 2.29. The van der Waals surface area contributed by atoms with Crippen LogP contribution in [0.3, 0.4) is 0 Å². The van der Waals surface area contributed by atoms with Crippen LogP contribution in [-0.4, -0.2) is 29.4 Å². The van der Waals surface area contributed by atoms with Gasteiger partial charge in [-0.25, -0.2) is 9.38 Å². The molecule has 1 aliphatic heterocycles. The van der Waals surface area contributed by atoms with Crippen LogP contribution in [0.1, 0.15) is 17.3 Å². The number of fused-ring (bicyclic) bond motifs is 1. The minimum atomic E-state index is -0.683. The van der Waals surface area contributed by atoms with Gasteiger partial charge in [-0.2, -0.15) is 0 Å². The fourth-order valence-corrected chi connectivity index (χ4v) is 3.73. The number of halogens is 1. The first kappa shape index (κ1) is 21.5. The molecule has 0 fully saturated rings. The molecule has 34 heavy (non-hydrogen) atoms. The Kier molecular flexibility index (Phi) is 6.07. The highest BCUT2D eigenvalue weighted by molar-refractivity contribution is 6.36. The molecule has 5 rings (SSSR count). The third kappa shape index (κ3) is 4.68. The van der Waals surface area contributed by atoms with E-state index in [1.807, 2.05) is 54.6 Å². The molecule has 1 aliphatic carbocycles. The number of pyridine rings is 1. The SMILES string of the molecule is COc1cccc(C/N=C2/C=CC3=NC(c4ccccc4F)N=C(Nc4ccncc4)C3=C2)c1. The van der Waals surface area contributed by atoms with E-state index in [1.54, 1.807) is 37.7 Å². The topological polar surface area (TPSA) is 71.2 Å². The summed E-state index contributed by atoms with van der Waals surface area (Å²) in [4.78, 5) is 18.3. The van der Waals surface area contributed by atoms with Crippen molar-refractivity contribution in [1.29, 1.82) is 0 Å². The van der Waals surface area contributed by atoms with Gasteiger partial charge in [0.25, 0.3) is 0 Å². The van der Waals surface area contributed by atoms with Crippen molar-refractivity contribution in [3.05, 3.63) is 114 Å². The molecule has 2 aliphatic rings. The van der Waals surface area contributed by atoms with Gasteiger partial charge < -0.3 is 10.1 Å². The Balaban J connectivity index is 1.48. The number of anilines is 1. The Labute approximate surface area is 197 Å². The van der Waals surface area contributed by atoms with Gasteiger partial charge in [0.2, 0.25) is 0 Å². The first-order valence-corrected chi connectivity index (χ1v) is 10.8. The van der Waals surface area contributed by atoms with Gasteiger partial charge in [-0.3, -0.25) is 15.0 Å². The Hall–Kier alpha value is -4.39. The molecule has 0 saturated heterocycles. The van der Waals surface area contributed by atoms with Crippen LogP contribution >= 0.6 is 0 Å². The lowest BCUT2D eigenvalue weighted by molar-refractivity contribution is 0.414. The number of nitrogens with one attached hydrogen (secondary N) is 1. The summed E-state index contributed by atoms with van der Waals surface area (Å²) in [6, 6.07) is 18.1. The van der Waals surface area contributed by atoms with Crippen molar-refractivity contribution in [2.45, 2.75) is 12.7 Å². The molecule has 2 heterocycles. The predicted octanol–water partition coefficient (Wildman–Crippen LogP) is 5.33. The number of hydrogen-bond donors (Lipinski definition) is 1. The maximum absolute atomic E-state index is 14.5. The number of nitrogens with zero attached hydrogens (tertiary/aromatic N) is 4. The average molecular weight is 452 g/mol. The van der Waals surface area contributed by atoms with Crippen LogP contribution < -0.4 is 10.1 Å². The zero-order chi connectivity index (χ0) is 23.3. The second-order valence-electron chi connectivity index (χ2n) is 7.73. The second-order valence-corrected chi connectivity index (χ2v) is 7.73. The molecule has 7 heteroatoms. The number of benzene rings is 2. The number of methoxy groups -OCH3 is 1. The first-order chi connectivity index (χ1) is 16.7. The highest BCUT2D eigenvalue weighted by Gasteiger charge is 2.26. The summed E-state index contributed by atoms with van der Waals surface area (Å²) in [5, 5.41) is 3.34. The molecule has 0 amide bonds. The van der Waals surface area contributed by atoms with Crippen LogP contribution in [0.25, 0.3) is 0 Å². The van der Waals surface area contributed by atoms with Gasteiger partial charge in [0.05, 0.1) is 25.1 Å². The molecule has 1 aromatic heterocycles. The lowest BCUT2D eigenvalue weighted by Crippen LogP contribution is -2.27. The summed E-state index contributed by atoms with van der Waals surface area (Å²) in [7, 11) is 1.65. The van der Waals surface area contributed by atoms with E-state index < -0.39 is 6.17 Å². The maximum Gasteiger partial charge on any atom is 0.170 e. The zero-order valence-corrected chi connectivity index (χ0v) is 18.5. The fourth-order valence-electron chi connectivity index (χ4n) is 3.73. The summed E-state index contributed by atoms with van der Waals surface area (Å²) in [5.74, 6) is 1.06. The van der Waals surface area contributed by atoms with Crippen molar-refractivity contribution in [2.24, 2.45) is 15.0 Å². The lowest BCUT2D eigenvalue weighted by Gasteiger charge is -2.24. The van der Waals surface area contributed by atoms with E-state index in [-0.39, 0.29) is 5.82 Å². The van der Waals surface area contributed by atoms with Gasteiger partial charge in [-0.1, -0.05) is 30.3 Å². The third-order valence-corrected chi connectivity index (χ3v) is 5.45. The average Bonchev–Trinajstić information content (AvgIpc) is 2.88. The molecule has 0 saturated carbocycles. The molecule has 1 N–H and O–H groups in total. The van der Waals surface area contributed by atoms with Crippen molar-refractivity contribution < 1.29 is 9.13 Å². The summed E-state index contributed by atoms with van der Waals surface area (Å²) in [5.41, 5.74) is 4.62. The third-order valence-electron chi connectivity index (χ3n) is 5.45. The van der Waals surface area contributed by atoms with Gasteiger partial charge >= 0.3 is 0 Å². The maximum atomic E-state index is 14.5. The Bertz CT molecular complexity index is 1360. The molecule has 1 atom stereocenters. The van der Waals surface area contributed by atoms with Crippen molar-refractivity contribution in [3.8, 4) is 5.75 Å². The molecular formula is C27H22FN5O. The number of aromatic nitrogens is 1. The van der Waals surface area contributed by atoms with E-state index in [0.29, 0.717) is 17.9 Å². The molecule has 168 valence electrons. The summed E-state index contributed by atoms with van der Waals surface area (Å²) in [6.07, 6.45) is 8.48. The Morgan fingerprint density at radius 3 is 2.68 bits per heavy atom. The van der Waals surface area contributed by atoms with Gasteiger partial charge in [-0.15, -0.1) is 0 Å². The first-order valence-electron chi connectivity index (χ1n) is 10.8. The minimum Gasteiger partial charge on any atom is -0.497 e. The van der Waals surface area contributed by atoms with E-state index >= 15 is 0 Å². The van der Waals surface area contributed by atoms with Crippen LogP contribution in [0, 0.1) is 5.82 Å². The highest BCUT2D eigenvalue weighted by atomic mass is 19.1. The van der Waals surface area contributed by atoms with E-state index in [1.165, 1.54) is 6.07 Å². The van der Waals surface area contributed by atoms with Crippen LogP contribution in [-0.2, 0) is 6.54 Å². The Morgan fingerprint density at radius 2 is 1.85 bits per heavy atom. The number of hydrogen-bond acceptors (Lipinski definition) is 6. The van der Waals surface area contributed by atoms with Crippen LogP contribution in [0.4, 0.5) is 10.1 Å². The standard InChI is InChI=1S/C27H22FN5O/c1-34-21-6-4-5-18(15-21)17-30-20-9-10-25-23(16-20)27(31-19-11-13-29-14-12-19)33-26(32-25)22-7-2-3-8-24(22)28/h2-16,26H,17H2,1H3,(H,29,31,33)/b30-20-. The van der Waals surface area contributed by atoms with Crippen molar-refractivity contribution in [3.63, 3.8) is 0 Å². The van der Waals surface area contributed by atoms with Crippen molar-refractivity contribution in [1.82, 2.24) is 4.98 Å². The zero-order valence-electron chi connectivity index (χ0n) is 18.5. The molecular weight excluding hydrogens is 429 g/mol. The molecule has 3 aromatic rings. The fraction of sp³-hybridized carbons (Fsp3) is 0.111. The van der Waals surface area contributed by atoms with Gasteiger partial charge in [0.1, 0.15) is 17.4 Å². The van der Waals surface area contributed by atoms with Crippen LogP contribution in [0.2, 0.25) is 0 Å². The smallest absolute Gasteiger partial charge is 0.170 e. The molecule has 6 nitrogen and oxygen atoms in total. The number of allylic oxidation sites excluding steroid dienone is 3. The van der Waals surface area contributed by atoms with E-state index in [4.69, 9.17) is 19.7 Å². The summed E-state index contributed by atoms with van der Waals surface area (Å²) in [6.45, 7) is 0.509. The van der Waals surface area contributed by atoms with Gasteiger partial charge in [0.15, 0.2) is 6.17 Å². The number of aliphatic imine (C=N–C) groups is 3. The summed E-state index contributed by atoms with van der Waals surface area (Å²) < 4.78 is 19.8. The molecule has 0 radical (unpaired) electrons. The van der Waals surface area contributed by atoms with E-state index in [2.05, 4.69) is 10.3 Å². The van der Waals surface area contributed by atoms with E-state index in [9.17, 15) is 4.39 Å². The molecule has 2 aromatic carbocycles. The van der Waals surface area contributed by atoms with Crippen molar-refractivity contribution in [2.75, 3.05) is 12.4 Å². The number of ether oxygens (including phenoxy) is 1. The normalized spacial score (nSPS) is 18.0. The molecule has 0 spiro atoms. The predicted molar refractivity (Wildman–Crippen MR) is 133 cm³/mol. The lowest BCUT2D eigenvalue weighted by atomic mass is 9.98. The van der Waals surface area contributed by atoms with Gasteiger partial charge in [-0.05, 0) is 54.1 Å². The molecule has 0 bridgehead atoms. The molecule has 1 unspecified atom stereocenters. The van der Waals surface area contributed by atoms with Crippen LogP contribution in [0.5, 0.6) is 5.75 Å². The van der Waals surface area contributed by atoms with E-state index in [0.717, 1.165) is 34.0 Å². The monoisotopic (exact) mass is 451 g/mol. The van der Waals surface area contributed by atoms with Crippen molar-refractivity contribution >= 4 is 22.9 Å². The number of amidine groups is 1. The quantitative estimate of drug-likeness (QED) is 0.533. The minimum absolute atomic E-state index is 0.336. The van der Waals surface area contributed by atoms with Crippen LogP contribution in [0.15, 0.2) is 112 Å². The van der Waals surface area contributed by atoms with Gasteiger partial charge in [0, 0.05) is 29.2 Å². The largest absolute Gasteiger partial charge is 0.497 e. The summed E-state index contributed by atoms with van der Waals surface area (Å²) >= 11 is 0. The second kappa shape index (κ2) is 9.62.